The van der Waals surface area contributed by atoms with Crippen LogP contribution < -0.4 is 0 Å². The van der Waals surface area contributed by atoms with Gasteiger partial charge < -0.3 is 4.74 Å². The summed E-state index contributed by atoms with van der Waals surface area (Å²) in [6, 6.07) is 4.03. The van der Waals surface area contributed by atoms with Gasteiger partial charge in [0.25, 0.3) is 0 Å². The molecule has 0 aliphatic heterocycles. The van der Waals surface area contributed by atoms with Gasteiger partial charge >= 0.3 is 12.1 Å². The van der Waals surface area contributed by atoms with E-state index in [9.17, 15) is 22.4 Å². The maximum atomic E-state index is 13.6. The van der Waals surface area contributed by atoms with E-state index in [1.54, 1.807) is 13.8 Å². The standard InChI is InChI=1S/C16H14Cl2F4O2/c1-15(2)9(6-12(18)16(20,21)22)13(15)14(23)24-7-8-10(17)4-3-5-11(8)19/h3-6,9,13H,7H2,1-2H3/t9-,13+/m0/s1. The third-order valence-electron chi connectivity index (χ3n) is 4.18. The monoisotopic (exact) mass is 384 g/mol. The number of hydrogen-bond donors (Lipinski definition) is 0. The molecule has 0 amide bonds. The molecule has 1 saturated carbocycles. The van der Waals surface area contributed by atoms with E-state index in [2.05, 4.69) is 0 Å². The maximum absolute atomic E-state index is 13.6. The van der Waals surface area contributed by atoms with Gasteiger partial charge in [-0.2, -0.15) is 13.2 Å². The summed E-state index contributed by atoms with van der Waals surface area (Å²) >= 11 is 11.0. The molecule has 0 radical (unpaired) electrons. The second-order valence-electron chi connectivity index (χ2n) is 6.15. The Bertz CT molecular complexity index is 663. The zero-order chi connectivity index (χ0) is 18.3. The van der Waals surface area contributed by atoms with Crippen molar-refractivity contribution in [3.63, 3.8) is 0 Å². The van der Waals surface area contributed by atoms with Crippen molar-refractivity contribution < 1.29 is 27.1 Å². The van der Waals surface area contributed by atoms with Crippen LogP contribution in [0.5, 0.6) is 0 Å². The summed E-state index contributed by atoms with van der Waals surface area (Å²) in [6.07, 6.45) is -3.83. The minimum atomic E-state index is -4.66. The summed E-state index contributed by atoms with van der Waals surface area (Å²) in [7, 11) is 0. The molecule has 0 heterocycles. The van der Waals surface area contributed by atoms with E-state index in [0.29, 0.717) is 0 Å². The van der Waals surface area contributed by atoms with Crippen LogP contribution in [0.15, 0.2) is 29.3 Å². The SMILES string of the molecule is CC1(C)[C@@H](C=C(Cl)C(F)(F)F)[C@@H]1C(=O)OCc1c(F)cccc1Cl. The fourth-order valence-corrected chi connectivity index (χ4v) is 2.95. The summed E-state index contributed by atoms with van der Waals surface area (Å²) in [5, 5.41) is -1.16. The summed E-state index contributed by atoms with van der Waals surface area (Å²) < 4.78 is 56.2. The fourth-order valence-electron chi connectivity index (χ4n) is 2.59. The molecule has 2 nitrogen and oxygen atoms in total. The fraction of sp³-hybridized carbons (Fsp3) is 0.438. The highest BCUT2D eigenvalue weighted by molar-refractivity contribution is 6.31. The highest BCUT2D eigenvalue weighted by Gasteiger charge is 2.62. The van der Waals surface area contributed by atoms with Gasteiger partial charge in [0.2, 0.25) is 0 Å². The molecule has 0 unspecified atom stereocenters. The molecule has 24 heavy (non-hydrogen) atoms. The number of hydrogen-bond acceptors (Lipinski definition) is 2. The van der Waals surface area contributed by atoms with Crippen molar-refractivity contribution in [3.05, 3.63) is 45.7 Å². The van der Waals surface area contributed by atoms with Gasteiger partial charge in [-0.05, 0) is 23.5 Å². The molecule has 0 N–H and O–H groups in total. The maximum Gasteiger partial charge on any atom is 0.426 e. The molecular formula is C16H14Cl2F4O2. The number of ether oxygens (including phenoxy) is 1. The Labute approximate surface area is 146 Å². The lowest BCUT2D eigenvalue weighted by molar-refractivity contribution is -0.147. The van der Waals surface area contributed by atoms with E-state index in [1.165, 1.54) is 18.2 Å². The van der Waals surface area contributed by atoms with Crippen molar-refractivity contribution in [3.8, 4) is 0 Å². The Balaban J connectivity index is 2.06. The van der Waals surface area contributed by atoms with E-state index in [-0.39, 0.29) is 17.2 Å². The Morgan fingerprint density at radius 1 is 1.38 bits per heavy atom. The normalized spacial score (nSPS) is 23.1. The van der Waals surface area contributed by atoms with Crippen molar-refractivity contribution in [1.82, 2.24) is 0 Å². The van der Waals surface area contributed by atoms with Crippen LogP contribution in [0.2, 0.25) is 5.02 Å². The Hall–Kier alpha value is -1.27. The van der Waals surface area contributed by atoms with Crippen molar-refractivity contribution >= 4 is 29.2 Å². The van der Waals surface area contributed by atoms with Crippen LogP contribution in [-0.2, 0) is 16.1 Å². The van der Waals surface area contributed by atoms with Gasteiger partial charge in [-0.3, -0.25) is 4.79 Å². The van der Waals surface area contributed by atoms with Gasteiger partial charge in [0.1, 0.15) is 17.5 Å². The Morgan fingerprint density at radius 2 is 2.00 bits per heavy atom. The van der Waals surface area contributed by atoms with Gasteiger partial charge in [-0.25, -0.2) is 4.39 Å². The first-order valence-corrected chi connectivity index (χ1v) is 7.76. The first-order chi connectivity index (χ1) is 11.0. The van der Waals surface area contributed by atoms with Crippen molar-refractivity contribution in [2.24, 2.45) is 17.3 Å². The van der Waals surface area contributed by atoms with Crippen LogP contribution in [0, 0.1) is 23.1 Å². The first-order valence-electron chi connectivity index (χ1n) is 7.00. The van der Waals surface area contributed by atoms with E-state index >= 15 is 0 Å². The topological polar surface area (TPSA) is 26.3 Å². The lowest BCUT2D eigenvalue weighted by atomic mass is 10.1. The third-order valence-corrected chi connectivity index (χ3v) is 4.88. The predicted molar refractivity (Wildman–Crippen MR) is 82.0 cm³/mol. The van der Waals surface area contributed by atoms with Crippen LogP contribution in [0.3, 0.4) is 0 Å². The number of carbonyl (C=O) groups excluding carboxylic acids is 1. The van der Waals surface area contributed by atoms with E-state index in [1.807, 2.05) is 0 Å². The lowest BCUT2D eigenvalue weighted by Gasteiger charge is -2.08. The predicted octanol–water partition coefficient (Wildman–Crippen LogP) is 5.48. The number of carbonyl (C=O) groups is 1. The van der Waals surface area contributed by atoms with Crippen molar-refractivity contribution in [1.29, 1.82) is 0 Å². The molecule has 1 aromatic carbocycles. The van der Waals surface area contributed by atoms with Crippen LogP contribution in [0.1, 0.15) is 19.4 Å². The van der Waals surface area contributed by atoms with Crippen molar-refractivity contribution in [2.45, 2.75) is 26.6 Å². The molecule has 8 heteroatoms. The van der Waals surface area contributed by atoms with Gasteiger partial charge in [0.15, 0.2) is 0 Å². The summed E-state index contributed by atoms with van der Waals surface area (Å²) in [5.41, 5.74) is -0.701. The number of benzene rings is 1. The minimum Gasteiger partial charge on any atom is -0.460 e. The van der Waals surface area contributed by atoms with E-state index < -0.39 is 40.2 Å². The number of esters is 1. The quantitative estimate of drug-likeness (QED) is 0.507. The Morgan fingerprint density at radius 3 is 2.54 bits per heavy atom. The van der Waals surface area contributed by atoms with E-state index in [4.69, 9.17) is 27.9 Å². The molecule has 1 aliphatic rings. The smallest absolute Gasteiger partial charge is 0.426 e. The largest absolute Gasteiger partial charge is 0.460 e. The van der Waals surface area contributed by atoms with Crippen LogP contribution >= 0.6 is 23.2 Å². The Kier molecular flexibility index (Phi) is 5.21. The van der Waals surface area contributed by atoms with Crippen LogP contribution in [0.4, 0.5) is 17.6 Å². The molecule has 1 fully saturated rings. The molecule has 0 bridgehead atoms. The highest BCUT2D eigenvalue weighted by atomic mass is 35.5. The molecule has 0 aromatic heterocycles. The summed E-state index contributed by atoms with van der Waals surface area (Å²) in [4.78, 5) is 12.1. The van der Waals surface area contributed by atoms with E-state index in [0.717, 1.165) is 6.08 Å². The first kappa shape index (κ1) is 19.1. The van der Waals surface area contributed by atoms with Crippen LogP contribution in [-0.4, -0.2) is 12.1 Å². The van der Waals surface area contributed by atoms with Gasteiger partial charge in [0, 0.05) is 5.56 Å². The number of halogens is 6. The van der Waals surface area contributed by atoms with Gasteiger partial charge in [0.05, 0.1) is 10.9 Å². The average molecular weight is 385 g/mol. The zero-order valence-corrected chi connectivity index (χ0v) is 14.3. The van der Waals surface area contributed by atoms with Crippen molar-refractivity contribution in [2.75, 3.05) is 0 Å². The highest BCUT2D eigenvalue weighted by Crippen LogP contribution is 2.60. The zero-order valence-electron chi connectivity index (χ0n) is 12.8. The van der Waals surface area contributed by atoms with Gasteiger partial charge in [-0.1, -0.05) is 49.2 Å². The summed E-state index contributed by atoms with van der Waals surface area (Å²) in [6.45, 7) is 2.88. The second kappa shape index (κ2) is 6.56. The number of rotatable bonds is 4. The number of allylic oxidation sites excluding steroid dienone is 2. The molecule has 132 valence electrons. The molecular weight excluding hydrogens is 371 g/mol. The molecule has 0 saturated heterocycles. The number of alkyl halides is 3. The lowest BCUT2D eigenvalue weighted by Crippen LogP contribution is -2.11. The third kappa shape index (κ3) is 3.86. The molecule has 1 aromatic rings. The van der Waals surface area contributed by atoms with Crippen LogP contribution in [0.25, 0.3) is 0 Å². The minimum absolute atomic E-state index is 0.0198. The molecule has 1 aliphatic carbocycles. The van der Waals surface area contributed by atoms with Gasteiger partial charge in [-0.15, -0.1) is 0 Å². The molecule has 2 atom stereocenters. The average Bonchev–Trinajstić information content (AvgIpc) is 2.98. The second-order valence-corrected chi connectivity index (χ2v) is 6.96. The molecule has 2 rings (SSSR count). The summed E-state index contributed by atoms with van der Waals surface area (Å²) in [5.74, 6) is -2.82. The molecule has 0 spiro atoms.